The van der Waals surface area contributed by atoms with E-state index in [4.69, 9.17) is 0 Å². The summed E-state index contributed by atoms with van der Waals surface area (Å²) in [6.07, 6.45) is 5.29. The maximum absolute atomic E-state index is 12.3. The molecule has 2 heterocycles. The molecule has 2 rings (SSSR count). The van der Waals surface area contributed by atoms with Gasteiger partial charge >= 0.3 is 0 Å². The molecule has 23 heavy (non-hydrogen) atoms. The second kappa shape index (κ2) is 7.44. The Kier molecular flexibility index (Phi) is 5.80. The third kappa shape index (κ3) is 4.32. The Bertz CT molecular complexity index is 633. The predicted molar refractivity (Wildman–Crippen MR) is 88.6 cm³/mol. The first-order chi connectivity index (χ1) is 10.8. The average Bonchev–Trinajstić information content (AvgIpc) is 3.17. The van der Waals surface area contributed by atoms with Crippen molar-refractivity contribution >= 4 is 15.9 Å². The minimum Gasteiger partial charge on any atom is -0.353 e. The second-order valence-corrected chi connectivity index (χ2v) is 8.33. The number of sulfonamides is 1. The Balaban J connectivity index is 1.88. The Morgan fingerprint density at radius 2 is 1.96 bits per heavy atom. The van der Waals surface area contributed by atoms with Gasteiger partial charge in [0.15, 0.2) is 0 Å². The summed E-state index contributed by atoms with van der Waals surface area (Å²) >= 11 is 0. The molecule has 130 valence electrons. The van der Waals surface area contributed by atoms with Gasteiger partial charge in [0.25, 0.3) is 0 Å². The van der Waals surface area contributed by atoms with E-state index < -0.39 is 16.1 Å². The highest BCUT2D eigenvalue weighted by molar-refractivity contribution is 7.89. The van der Waals surface area contributed by atoms with Gasteiger partial charge in [-0.05, 0) is 19.8 Å². The summed E-state index contributed by atoms with van der Waals surface area (Å²) in [4.78, 5) is 16.5. The molecule has 0 aromatic carbocycles. The van der Waals surface area contributed by atoms with Crippen LogP contribution in [0.25, 0.3) is 0 Å². The molecule has 1 N–H and O–H groups in total. The topological polar surface area (TPSA) is 84.3 Å². The molecule has 1 aliphatic rings. The monoisotopic (exact) mass is 342 g/mol. The molecular weight excluding hydrogens is 316 g/mol. The van der Waals surface area contributed by atoms with Crippen molar-refractivity contribution in [2.75, 3.05) is 25.4 Å². The number of carbonyl (C=O) groups is 1. The van der Waals surface area contributed by atoms with Crippen LogP contribution < -0.4 is 5.32 Å². The van der Waals surface area contributed by atoms with Gasteiger partial charge in [0.2, 0.25) is 15.9 Å². The molecule has 7 nitrogen and oxygen atoms in total. The quantitative estimate of drug-likeness (QED) is 0.804. The maximum Gasteiger partial charge on any atom is 0.242 e. The van der Waals surface area contributed by atoms with Gasteiger partial charge in [0, 0.05) is 37.9 Å². The summed E-state index contributed by atoms with van der Waals surface area (Å²) in [5, 5.41) is 2.72. The standard InChI is InChI=1S/C15H26N4O3S/c1-12(2)14-16-6-10-19(14)13(3)15(20)17-7-11-23(21,22)18-8-4-5-9-18/h6,10,12-13H,4-5,7-9,11H2,1-3H3,(H,17,20). The molecule has 1 atom stereocenters. The first-order valence-corrected chi connectivity index (χ1v) is 9.72. The van der Waals surface area contributed by atoms with Gasteiger partial charge in [-0.1, -0.05) is 13.8 Å². The minimum absolute atomic E-state index is 0.0492. The molecule has 1 saturated heterocycles. The Labute approximate surface area is 138 Å². The molecule has 0 saturated carbocycles. The summed E-state index contributed by atoms with van der Waals surface area (Å²) in [5.74, 6) is 0.821. The number of imidazole rings is 1. The van der Waals surface area contributed by atoms with E-state index in [0.717, 1.165) is 18.7 Å². The highest BCUT2D eigenvalue weighted by Gasteiger charge is 2.25. The van der Waals surface area contributed by atoms with Crippen molar-refractivity contribution in [3.63, 3.8) is 0 Å². The van der Waals surface area contributed by atoms with E-state index in [1.165, 1.54) is 4.31 Å². The van der Waals surface area contributed by atoms with Crippen LogP contribution in [0.3, 0.4) is 0 Å². The van der Waals surface area contributed by atoms with E-state index in [2.05, 4.69) is 10.3 Å². The second-order valence-electron chi connectivity index (χ2n) is 6.24. The zero-order valence-corrected chi connectivity index (χ0v) is 14.8. The van der Waals surface area contributed by atoms with E-state index in [1.54, 1.807) is 19.3 Å². The molecule has 1 aromatic heterocycles. The molecule has 0 aliphatic carbocycles. The van der Waals surface area contributed by atoms with Crippen LogP contribution in [-0.2, 0) is 14.8 Å². The number of carbonyl (C=O) groups excluding carboxylic acids is 1. The Hall–Kier alpha value is -1.41. The van der Waals surface area contributed by atoms with Crippen LogP contribution in [0.5, 0.6) is 0 Å². The smallest absolute Gasteiger partial charge is 0.242 e. The fraction of sp³-hybridized carbons (Fsp3) is 0.733. The van der Waals surface area contributed by atoms with Gasteiger partial charge in [-0.15, -0.1) is 0 Å². The van der Waals surface area contributed by atoms with Gasteiger partial charge in [-0.25, -0.2) is 17.7 Å². The third-order valence-electron chi connectivity index (χ3n) is 4.13. The SMILES string of the molecule is CC(C)c1nccn1C(C)C(=O)NCCS(=O)(=O)N1CCCC1. The summed E-state index contributed by atoms with van der Waals surface area (Å²) in [6, 6.07) is -0.413. The number of amides is 1. The third-order valence-corrected chi connectivity index (χ3v) is 6.00. The lowest BCUT2D eigenvalue weighted by atomic mass is 10.2. The fourth-order valence-corrected chi connectivity index (χ4v) is 4.20. The Morgan fingerprint density at radius 3 is 2.57 bits per heavy atom. The number of nitrogens with one attached hydrogen (secondary N) is 1. The predicted octanol–water partition coefficient (Wildman–Crippen LogP) is 1.11. The minimum atomic E-state index is -3.26. The van der Waals surface area contributed by atoms with Crippen LogP contribution in [0, 0.1) is 0 Å². The van der Waals surface area contributed by atoms with E-state index >= 15 is 0 Å². The van der Waals surface area contributed by atoms with Crippen LogP contribution in [0.1, 0.15) is 51.4 Å². The molecule has 1 aliphatic heterocycles. The maximum atomic E-state index is 12.3. The van der Waals surface area contributed by atoms with Crippen molar-refractivity contribution in [3.05, 3.63) is 18.2 Å². The van der Waals surface area contributed by atoms with Crippen molar-refractivity contribution in [3.8, 4) is 0 Å². The van der Waals surface area contributed by atoms with Crippen LogP contribution in [0.15, 0.2) is 12.4 Å². The van der Waals surface area contributed by atoms with E-state index in [9.17, 15) is 13.2 Å². The van der Waals surface area contributed by atoms with Crippen LogP contribution in [-0.4, -0.2) is 53.6 Å². The van der Waals surface area contributed by atoms with Crippen molar-refractivity contribution in [1.29, 1.82) is 0 Å². The summed E-state index contributed by atoms with van der Waals surface area (Å²) < 4.78 is 27.6. The van der Waals surface area contributed by atoms with Crippen molar-refractivity contribution in [1.82, 2.24) is 19.2 Å². The zero-order valence-electron chi connectivity index (χ0n) is 14.0. The van der Waals surface area contributed by atoms with E-state index in [1.807, 2.05) is 18.4 Å². The number of nitrogens with zero attached hydrogens (tertiary/aromatic N) is 3. The summed E-state index contributed by atoms with van der Waals surface area (Å²) in [6.45, 7) is 7.16. The molecule has 1 amide bonds. The highest BCUT2D eigenvalue weighted by atomic mass is 32.2. The molecule has 0 bridgehead atoms. The molecule has 0 radical (unpaired) electrons. The molecule has 8 heteroatoms. The average molecular weight is 342 g/mol. The molecular formula is C15H26N4O3S. The van der Waals surface area contributed by atoms with Gasteiger partial charge in [-0.2, -0.15) is 0 Å². The van der Waals surface area contributed by atoms with E-state index in [-0.39, 0.29) is 24.1 Å². The van der Waals surface area contributed by atoms with Gasteiger partial charge in [-0.3, -0.25) is 4.79 Å². The zero-order chi connectivity index (χ0) is 17.0. The van der Waals surface area contributed by atoms with Gasteiger partial charge in [0.05, 0.1) is 5.75 Å². The van der Waals surface area contributed by atoms with Gasteiger partial charge in [0.1, 0.15) is 11.9 Å². The number of hydrogen-bond donors (Lipinski definition) is 1. The first kappa shape index (κ1) is 17.9. The van der Waals surface area contributed by atoms with Crippen LogP contribution >= 0.6 is 0 Å². The normalized spacial score (nSPS) is 17.6. The lowest BCUT2D eigenvalue weighted by Gasteiger charge is -2.19. The largest absolute Gasteiger partial charge is 0.353 e. The van der Waals surface area contributed by atoms with Crippen molar-refractivity contribution in [2.45, 2.75) is 45.6 Å². The van der Waals surface area contributed by atoms with Crippen molar-refractivity contribution < 1.29 is 13.2 Å². The summed E-state index contributed by atoms with van der Waals surface area (Å²) in [5.41, 5.74) is 0. The van der Waals surface area contributed by atoms with Crippen LogP contribution in [0.2, 0.25) is 0 Å². The summed E-state index contributed by atoms with van der Waals surface area (Å²) in [7, 11) is -3.26. The fourth-order valence-electron chi connectivity index (χ4n) is 2.77. The first-order valence-electron chi connectivity index (χ1n) is 8.11. The number of hydrogen-bond acceptors (Lipinski definition) is 4. The van der Waals surface area contributed by atoms with Gasteiger partial charge < -0.3 is 9.88 Å². The molecule has 1 aromatic rings. The number of rotatable bonds is 7. The lowest BCUT2D eigenvalue weighted by Crippen LogP contribution is -2.38. The Morgan fingerprint density at radius 1 is 1.30 bits per heavy atom. The molecule has 0 spiro atoms. The highest BCUT2D eigenvalue weighted by Crippen LogP contribution is 2.17. The van der Waals surface area contributed by atoms with Crippen LogP contribution in [0.4, 0.5) is 0 Å². The number of aromatic nitrogens is 2. The molecule has 1 fully saturated rings. The molecule has 1 unspecified atom stereocenters. The van der Waals surface area contributed by atoms with E-state index in [0.29, 0.717) is 13.1 Å². The lowest BCUT2D eigenvalue weighted by molar-refractivity contribution is -0.123. The van der Waals surface area contributed by atoms with Crippen molar-refractivity contribution in [2.24, 2.45) is 0 Å².